The first kappa shape index (κ1) is 16.8. The van der Waals surface area contributed by atoms with E-state index in [1.807, 2.05) is 31.2 Å². The molecule has 1 aliphatic rings. The van der Waals surface area contributed by atoms with Gasteiger partial charge in [0.2, 0.25) is 0 Å². The summed E-state index contributed by atoms with van der Waals surface area (Å²) in [6.45, 7) is 5.07. The quantitative estimate of drug-likeness (QED) is 0.756. The second kappa shape index (κ2) is 8.18. The second-order valence-corrected chi connectivity index (χ2v) is 6.52. The third kappa shape index (κ3) is 5.02. The topological polar surface area (TPSA) is 67.2 Å². The summed E-state index contributed by atoms with van der Waals surface area (Å²) in [5, 5.41) is 6.46. The molecule has 2 rings (SSSR count). The van der Waals surface area contributed by atoms with Crippen LogP contribution in [0.15, 0.2) is 24.3 Å². The number of carbonyl (C=O) groups is 1. The largest absolute Gasteiger partial charge is 0.385 e. The van der Waals surface area contributed by atoms with E-state index < -0.39 is 0 Å². The van der Waals surface area contributed by atoms with Crippen molar-refractivity contribution in [1.82, 2.24) is 5.32 Å². The summed E-state index contributed by atoms with van der Waals surface area (Å²) < 4.78 is 0. The highest BCUT2D eigenvalue weighted by atomic mass is 16.1. The Labute approximate surface area is 133 Å². The van der Waals surface area contributed by atoms with Gasteiger partial charge >= 0.3 is 0 Å². The molecule has 1 saturated carbocycles. The molecule has 4 N–H and O–H groups in total. The highest BCUT2D eigenvalue weighted by Crippen LogP contribution is 2.23. The van der Waals surface area contributed by atoms with Crippen molar-refractivity contribution in [2.75, 3.05) is 11.9 Å². The highest BCUT2D eigenvalue weighted by Gasteiger charge is 2.18. The highest BCUT2D eigenvalue weighted by molar-refractivity contribution is 5.94. The van der Waals surface area contributed by atoms with Gasteiger partial charge in [0.25, 0.3) is 5.91 Å². The number of nitrogens with two attached hydrogens (primary N) is 1. The minimum atomic E-state index is 0.00201. The van der Waals surface area contributed by atoms with Crippen molar-refractivity contribution in [3.05, 3.63) is 29.8 Å². The first-order valence-electron chi connectivity index (χ1n) is 8.49. The lowest BCUT2D eigenvalue weighted by Crippen LogP contribution is -2.31. The molecule has 4 nitrogen and oxygen atoms in total. The van der Waals surface area contributed by atoms with E-state index in [0.29, 0.717) is 12.0 Å². The molecule has 1 aliphatic carbocycles. The number of carbonyl (C=O) groups excluding carboxylic acids is 1. The van der Waals surface area contributed by atoms with Gasteiger partial charge in [0, 0.05) is 29.9 Å². The van der Waals surface area contributed by atoms with Gasteiger partial charge < -0.3 is 16.4 Å². The summed E-state index contributed by atoms with van der Waals surface area (Å²) in [5.74, 6) is 0.718. The first-order chi connectivity index (χ1) is 10.6. The van der Waals surface area contributed by atoms with E-state index in [1.165, 1.54) is 12.8 Å². The number of hydrogen-bond acceptors (Lipinski definition) is 3. The zero-order chi connectivity index (χ0) is 15.9. The van der Waals surface area contributed by atoms with Crippen LogP contribution in [0.4, 0.5) is 5.69 Å². The molecule has 0 aromatic heterocycles. The molecule has 4 heteroatoms. The molecule has 1 atom stereocenters. The van der Waals surface area contributed by atoms with E-state index in [1.54, 1.807) is 0 Å². The number of nitrogens with one attached hydrogen (secondary N) is 2. The van der Waals surface area contributed by atoms with E-state index in [9.17, 15) is 4.79 Å². The number of anilines is 1. The van der Waals surface area contributed by atoms with Gasteiger partial charge in [-0.1, -0.05) is 6.92 Å². The molecule has 1 aromatic carbocycles. The van der Waals surface area contributed by atoms with E-state index in [4.69, 9.17) is 5.73 Å². The van der Waals surface area contributed by atoms with E-state index in [0.717, 1.165) is 37.1 Å². The van der Waals surface area contributed by atoms with Crippen LogP contribution in [-0.4, -0.2) is 24.5 Å². The summed E-state index contributed by atoms with van der Waals surface area (Å²) in [5.41, 5.74) is 7.73. The molecule has 22 heavy (non-hydrogen) atoms. The minimum Gasteiger partial charge on any atom is -0.385 e. The van der Waals surface area contributed by atoms with Crippen molar-refractivity contribution in [2.24, 2.45) is 11.7 Å². The average Bonchev–Trinajstić information content (AvgIpc) is 2.54. The van der Waals surface area contributed by atoms with Crippen molar-refractivity contribution in [2.45, 2.75) is 58.0 Å². The minimum absolute atomic E-state index is 0.00201. The van der Waals surface area contributed by atoms with Gasteiger partial charge in [-0.25, -0.2) is 0 Å². The Morgan fingerprint density at radius 2 is 1.86 bits per heavy atom. The summed E-state index contributed by atoms with van der Waals surface area (Å²) in [6.07, 6.45) is 5.64. The Bertz CT molecular complexity index is 464. The summed E-state index contributed by atoms with van der Waals surface area (Å²) in [6, 6.07) is 8.36. The van der Waals surface area contributed by atoms with Gasteiger partial charge in [0.15, 0.2) is 0 Å². The Balaban J connectivity index is 1.80. The summed E-state index contributed by atoms with van der Waals surface area (Å²) >= 11 is 0. The molecule has 1 aromatic rings. The van der Waals surface area contributed by atoms with E-state index >= 15 is 0 Å². The lowest BCUT2D eigenvalue weighted by molar-refractivity contribution is 0.0939. The van der Waals surface area contributed by atoms with E-state index in [-0.39, 0.29) is 11.9 Å². The third-order valence-corrected chi connectivity index (χ3v) is 4.62. The standard InChI is InChI=1S/C18H29N3O/c1-3-13(2)21-18(22)15-6-10-17(11-7-15)20-12-14-4-8-16(19)9-5-14/h6-7,10-11,13-14,16,20H,3-5,8-9,12,19H2,1-2H3,(H,21,22)/t13?,14-,16-. The summed E-state index contributed by atoms with van der Waals surface area (Å²) in [7, 11) is 0. The normalized spacial score (nSPS) is 22.9. The van der Waals surface area contributed by atoms with Gasteiger partial charge in [-0.05, 0) is 69.2 Å². The molecule has 0 spiro atoms. The maximum atomic E-state index is 12.0. The number of amides is 1. The van der Waals surface area contributed by atoms with Crippen molar-refractivity contribution in [3.8, 4) is 0 Å². The van der Waals surface area contributed by atoms with Gasteiger partial charge in [-0.15, -0.1) is 0 Å². The van der Waals surface area contributed by atoms with Crippen LogP contribution in [0.1, 0.15) is 56.3 Å². The summed E-state index contributed by atoms with van der Waals surface area (Å²) in [4.78, 5) is 12.0. The predicted molar refractivity (Wildman–Crippen MR) is 92.1 cm³/mol. The molecule has 0 bridgehead atoms. The maximum absolute atomic E-state index is 12.0. The van der Waals surface area contributed by atoms with Crippen LogP contribution in [-0.2, 0) is 0 Å². The lowest BCUT2D eigenvalue weighted by Gasteiger charge is -2.26. The zero-order valence-corrected chi connectivity index (χ0v) is 13.8. The smallest absolute Gasteiger partial charge is 0.251 e. The number of hydrogen-bond donors (Lipinski definition) is 3. The molecular weight excluding hydrogens is 274 g/mol. The fourth-order valence-corrected chi connectivity index (χ4v) is 2.80. The Kier molecular flexibility index (Phi) is 6.25. The Morgan fingerprint density at radius 3 is 2.45 bits per heavy atom. The van der Waals surface area contributed by atoms with Crippen molar-refractivity contribution in [1.29, 1.82) is 0 Å². The van der Waals surface area contributed by atoms with Gasteiger partial charge in [0.1, 0.15) is 0 Å². The van der Waals surface area contributed by atoms with Crippen LogP contribution < -0.4 is 16.4 Å². The van der Waals surface area contributed by atoms with Gasteiger partial charge in [0.05, 0.1) is 0 Å². The fourth-order valence-electron chi connectivity index (χ4n) is 2.80. The average molecular weight is 303 g/mol. The molecule has 0 aliphatic heterocycles. The molecule has 0 radical (unpaired) electrons. The van der Waals surface area contributed by atoms with Crippen LogP contribution in [0, 0.1) is 5.92 Å². The molecular formula is C18H29N3O. The molecule has 122 valence electrons. The maximum Gasteiger partial charge on any atom is 0.251 e. The van der Waals surface area contributed by atoms with Crippen molar-refractivity contribution in [3.63, 3.8) is 0 Å². The third-order valence-electron chi connectivity index (χ3n) is 4.62. The first-order valence-corrected chi connectivity index (χ1v) is 8.49. The molecule has 0 heterocycles. The lowest BCUT2D eigenvalue weighted by atomic mass is 9.86. The molecule has 1 fully saturated rings. The van der Waals surface area contributed by atoms with Gasteiger partial charge in [-0.3, -0.25) is 4.79 Å². The van der Waals surface area contributed by atoms with E-state index in [2.05, 4.69) is 17.6 Å². The van der Waals surface area contributed by atoms with Crippen LogP contribution in [0.5, 0.6) is 0 Å². The van der Waals surface area contributed by atoms with Crippen LogP contribution >= 0.6 is 0 Å². The Morgan fingerprint density at radius 1 is 1.23 bits per heavy atom. The van der Waals surface area contributed by atoms with Crippen LogP contribution in [0.2, 0.25) is 0 Å². The fraction of sp³-hybridized carbons (Fsp3) is 0.611. The molecule has 1 unspecified atom stereocenters. The van der Waals surface area contributed by atoms with Crippen LogP contribution in [0.25, 0.3) is 0 Å². The number of rotatable bonds is 6. The second-order valence-electron chi connectivity index (χ2n) is 6.52. The van der Waals surface area contributed by atoms with Crippen molar-refractivity contribution >= 4 is 11.6 Å². The zero-order valence-electron chi connectivity index (χ0n) is 13.8. The monoisotopic (exact) mass is 303 g/mol. The predicted octanol–water partition coefficient (Wildman–Crippen LogP) is 3.14. The van der Waals surface area contributed by atoms with Crippen LogP contribution in [0.3, 0.4) is 0 Å². The molecule has 0 saturated heterocycles. The SMILES string of the molecule is CCC(C)NC(=O)c1ccc(NC[C@H]2CC[C@H](N)CC2)cc1. The number of benzene rings is 1. The Hall–Kier alpha value is -1.55. The molecule has 1 amide bonds. The van der Waals surface area contributed by atoms with Gasteiger partial charge in [-0.2, -0.15) is 0 Å². The van der Waals surface area contributed by atoms with Crippen molar-refractivity contribution < 1.29 is 4.79 Å².